The van der Waals surface area contributed by atoms with E-state index in [0.717, 1.165) is 36.1 Å². The van der Waals surface area contributed by atoms with Gasteiger partial charge in [-0.3, -0.25) is 10.1 Å². The number of nitro groups is 1. The molecule has 0 bridgehead atoms. The molecule has 1 N–H and O–H groups in total. The molecule has 20 heavy (non-hydrogen) atoms. The van der Waals surface area contributed by atoms with E-state index in [0.29, 0.717) is 0 Å². The predicted molar refractivity (Wildman–Crippen MR) is 82.1 cm³/mol. The highest BCUT2D eigenvalue weighted by atomic mass is 16.6. The Balaban J connectivity index is 1.86. The Hall–Kier alpha value is -1.58. The molecule has 1 aliphatic carbocycles. The Morgan fingerprint density at radius 1 is 1.35 bits per heavy atom. The van der Waals surface area contributed by atoms with Crippen LogP contribution in [0.25, 0.3) is 0 Å². The van der Waals surface area contributed by atoms with Gasteiger partial charge in [0.15, 0.2) is 0 Å². The van der Waals surface area contributed by atoms with E-state index >= 15 is 0 Å². The first-order chi connectivity index (χ1) is 9.54. The van der Waals surface area contributed by atoms with Crippen molar-refractivity contribution in [2.75, 3.05) is 11.9 Å². The Labute approximate surface area is 120 Å². The third-order valence-electron chi connectivity index (χ3n) is 4.20. The van der Waals surface area contributed by atoms with E-state index in [4.69, 9.17) is 0 Å². The standard InChI is InChI=1S/C16H24N2O2/c1-12-4-3-5-14(8-12)6-7-17-15-9-13(2)10-16(11-15)18(19)20/h9-12,14,17H,3-8H2,1-2H3. The summed E-state index contributed by atoms with van der Waals surface area (Å²) in [6, 6.07) is 5.20. The second kappa shape index (κ2) is 6.73. The first kappa shape index (κ1) is 14.8. The summed E-state index contributed by atoms with van der Waals surface area (Å²) < 4.78 is 0. The van der Waals surface area contributed by atoms with Crippen molar-refractivity contribution in [1.29, 1.82) is 0 Å². The van der Waals surface area contributed by atoms with Gasteiger partial charge in [0.25, 0.3) is 5.69 Å². The molecule has 1 aromatic rings. The lowest BCUT2D eigenvalue weighted by Crippen LogP contribution is -2.16. The van der Waals surface area contributed by atoms with Gasteiger partial charge < -0.3 is 5.32 Å². The molecule has 0 amide bonds. The second-order valence-electron chi connectivity index (χ2n) is 6.17. The number of benzene rings is 1. The van der Waals surface area contributed by atoms with Gasteiger partial charge in [-0.05, 0) is 43.2 Å². The average molecular weight is 276 g/mol. The molecule has 0 spiro atoms. The number of aryl methyl sites for hydroxylation is 1. The van der Waals surface area contributed by atoms with Crippen molar-refractivity contribution in [3.05, 3.63) is 33.9 Å². The van der Waals surface area contributed by atoms with Crippen LogP contribution in [-0.4, -0.2) is 11.5 Å². The van der Waals surface area contributed by atoms with E-state index < -0.39 is 0 Å². The highest BCUT2D eigenvalue weighted by molar-refractivity contribution is 5.53. The molecule has 1 aliphatic rings. The summed E-state index contributed by atoms with van der Waals surface area (Å²) in [5.74, 6) is 1.67. The summed E-state index contributed by atoms with van der Waals surface area (Å²) in [6.45, 7) is 5.13. The van der Waals surface area contributed by atoms with Crippen LogP contribution in [0.2, 0.25) is 0 Å². The number of anilines is 1. The number of nitrogens with zero attached hydrogens (tertiary/aromatic N) is 1. The summed E-state index contributed by atoms with van der Waals surface area (Å²) in [7, 11) is 0. The molecule has 1 aromatic carbocycles. The lowest BCUT2D eigenvalue weighted by molar-refractivity contribution is -0.384. The zero-order valence-corrected chi connectivity index (χ0v) is 12.4. The molecule has 110 valence electrons. The van der Waals surface area contributed by atoms with Crippen LogP contribution in [-0.2, 0) is 0 Å². The van der Waals surface area contributed by atoms with Crippen molar-refractivity contribution in [3.8, 4) is 0 Å². The average Bonchev–Trinajstić information content (AvgIpc) is 2.38. The summed E-state index contributed by atoms with van der Waals surface area (Å²) in [4.78, 5) is 10.5. The minimum absolute atomic E-state index is 0.166. The molecule has 2 atom stereocenters. The van der Waals surface area contributed by atoms with E-state index in [-0.39, 0.29) is 10.6 Å². The van der Waals surface area contributed by atoms with Crippen LogP contribution in [0.5, 0.6) is 0 Å². The molecule has 4 heteroatoms. The molecule has 2 rings (SSSR count). The zero-order chi connectivity index (χ0) is 14.5. The molecule has 0 aliphatic heterocycles. The molecule has 0 aromatic heterocycles. The third kappa shape index (κ3) is 4.22. The normalized spacial score (nSPS) is 22.5. The molecule has 0 saturated heterocycles. The van der Waals surface area contributed by atoms with Crippen molar-refractivity contribution >= 4 is 11.4 Å². The number of non-ortho nitro benzene ring substituents is 1. The lowest BCUT2D eigenvalue weighted by Gasteiger charge is -2.26. The highest BCUT2D eigenvalue weighted by Gasteiger charge is 2.18. The van der Waals surface area contributed by atoms with Gasteiger partial charge in [0.05, 0.1) is 4.92 Å². The van der Waals surface area contributed by atoms with Crippen LogP contribution in [0.3, 0.4) is 0 Å². The molecule has 1 saturated carbocycles. The lowest BCUT2D eigenvalue weighted by atomic mass is 9.81. The fraction of sp³-hybridized carbons (Fsp3) is 0.625. The molecular formula is C16H24N2O2. The van der Waals surface area contributed by atoms with Crippen LogP contribution in [0.1, 0.15) is 44.6 Å². The minimum Gasteiger partial charge on any atom is -0.385 e. The van der Waals surface area contributed by atoms with Crippen molar-refractivity contribution in [2.24, 2.45) is 11.8 Å². The van der Waals surface area contributed by atoms with Gasteiger partial charge in [-0.2, -0.15) is 0 Å². The summed E-state index contributed by atoms with van der Waals surface area (Å²) in [5, 5.41) is 14.2. The Morgan fingerprint density at radius 3 is 2.85 bits per heavy atom. The Bertz CT molecular complexity index is 474. The smallest absolute Gasteiger partial charge is 0.271 e. The molecule has 4 nitrogen and oxygen atoms in total. The maximum atomic E-state index is 10.8. The summed E-state index contributed by atoms with van der Waals surface area (Å²) in [6.07, 6.45) is 6.54. The Kier molecular flexibility index (Phi) is 4.99. The number of nitro benzene ring substituents is 1. The zero-order valence-electron chi connectivity index (χ0n) is 12.4. The van der Waals surface area contributed by atoms with Crippen molar-refractivity contribution in [2.45, 2.75) is 46.0 Å². The summed E-state index contributed by atoms with van der Waals surface area (Å²) in [5.41, 5.74) is 1.95. The van der Waals surface area contributed by atoms with Crippen LogP contribution < -0.4 is 5.32 Å². The predicted octanol–water partition coefficient (Wildman–Crippen LogP) is 4.53. The molecule has 0 radical (unpaired) electrons. The first-order valence-corrected chi connectivity index (χ1v) is 7.54. The van der Waals surface area contributed by atoms with Gasteiger partial charge in [0.2, 0.25) is 0 Å². The minimum atomic E-state index is -0.332. The van der Waals surface area contributed by atoms with Crippen molar-refractivity contribution in [3.63, 3.8) is 0 Å². The van der Waals surface area contributed by atoms with E-state index in [9.17, 15) is 10.1 Å². The van der Waals surface area contributed by atoms with Crippen LogP contribution in [0, 0.1) is 28.9 Å². The highest BCUT2D eigenvalue weighted by Crippen LogP contribution is 2.30. The Morgan fingerprint density at radius 2 is 2.15 bits per heavy atom. The van der Waals surface area contributed by atoms with Crippen molar-refractivity contribution < 1.29 is 4.92 Å². The topological polar surface area (TPSA) is 55.2 Å². The van der Waals surface area contributed by atoms with E-state index in [1.54, 1.807) is 12.1 Å². The quantitative estimate of drug-likeness (QED) is 0.635. The van der Waals surface area contributed by atoms with Gasteiger partial charge in [-0.25, -0.2) is 0 Å². The maximum Gasteiger partial charge on any atom is 0.271 e. The number of nitrogens with one attached hydrogen (secondary N) is 1. The molecule has 0 heterocycles. The molecule has 2 unspecified atom stereocenters. The monoisotopic (exact) mass is 276 g/mol. The number of rotatable bonds is 5. The molecular weight excluding hydrogens is 252 g/mol. The van der Waals surface area contributed by atoms with Crippen LogP contribution in [0.4, 0.5) is 11.4 Å². The van der Waals surface area contributed by atoms with Crippen molar-refractivity contribution in [1.82, 2.24) is 0 Å². The fourth-order valence-electron chi connectivity index (χ4n) is 3.21. The van der Waals surface area contributed by atoms with E-state index in [1.807, 2.05) is 13.0 Å². The third-order valence-corrected chi connectivity index (χ3v) is 4.20. The van der Waals surface area contributed by atoms with E-state index in [2.05, 4.69) is 12.2 Å². The van der Waals surface area contributed by atoms with Gasteiger partial charge in [0, 0.05) is 24.4 Å². The fourth-order valence-corrected chi connectivity index (χ4v) is 3.21. The van der Waals surface area contributed by atoms with Gasteiger partial charge in [-0.1, -0.05) is 26.2 Å². The van der Waals surface area contributed by atoms with Crippen LogP contribution >= 0.6 is 0 Å². The second-order valence-corrected chi connectivity index (χ2v) is 6.17. The van der Waals surface area contributed by atoms with Crippen LogP contribution in [0.15, 0.2) is 18.2 Å². The van der Waals surface area contributed by atoms with Gasteiger partial charge in [-0.15, -0.1) is 0 Å². The van der Waals surface area contributed by atoms with E-state index in [1.165, 1.54) is 25.7 Å². The number of hydrogen-bond donors (Lipinski definition) is 1. The number of hydrogen-bond acceptors (Lipinski definition) is 3. The SMILES string of the molecule is Cc1cc(NCCC2CCCC(C)C2)cc([N+](=O)[O-])c1. The molecule has 1 fully saturated rings. The largest absolute Gasteiger partial charge is 0.385 e. The maximum absolute atomic E-state index is 10.8. The van der Waals surface area contributed by atoms with Gasteiger partial charge >= 0.3 is 0 Å². The summed E-state index contributed by atoms with van der Waals surface area (Å²) >= 11 is 0. The van der Waals surface area contributed by atoms with Gasteiger partial charge in [0.1, 0.15) is 0 Å². The first-order valence-electron chi connectivity index (χ1n) is 7.54.